The van der Waals surface area contributed by atoms with Crippen molar-refractivity contribution in [2.45, 2.75) is 25.8 Å². The van der Waals surface area contributed by atoms with Crippen LogP contribution in [-0.4, -0.2) is 42.0 Å². The molecule has 5 nitrogen and oxygen atoms in total. The molecule has 1 N–H and O–H groups in total. The van der Waals surface area contributed by atoms with E-state index in [-0.39, 0.29) is 30.8 Å². The van der Waals surface area contributed by atoms with Gasteiger partial charge in [-0.3, -0.25) is 4.79 Å². The number of likely N-dealkylation sites (tertiary alicyclic amines) is 1. The standard InChI is InChI=1S/C21H22F3NO4/c22-21(23,24)29-19-4-2-1-3-17(19)11-16-9-10-25(12-16)20(27)14-28-18-7-5-15(13-26)6-8-18/h1-8,16,26H,9-14H2. The average molecular weight is 409 g/mol. The topological polar surface area (TPSA) is 59.0 Å². The van der Waals surface area contributed by atoms with E-state index in [1.54, 1.807) is 41.3 Å². The summed E-state index contributed by atoms with van der Waals surface area (Å²) in [7, 11) is 0. The minimum atomic E-state index is -4.74. The Hall–Kier alpha value is -2.74. The van der Waals surface area contributed by atoms with Crippen molar-refractivity contribution in [3.8, 4) is 11.5 Å². The first-order valence-corrected chi connectivity index (χ1v) is 9.28. The third-order valence-electron chi connectivity index (χ3n) is 4.81. The van der Waals surface area contributed by atoms with Crippen molar-refractivity contribution in [2.24, 2.45) is 5.92 Å². The molecule has 1 aliphatic heterocycles. The number of amides is 1. The van der Waals surface area contributed by atoms with Crippen LogP contribution >= 0.6 is 0 Å². The molecule has 8 heteroatoms. The van der Waals surface area contributed by atoms with Gasteiger partial charge < -0.3 is 19.5 Å². The molecule has 1 heterocycles. The van der Waals surface area contributed by atoms with Crippen LogP contribution in [0.3, 0.4) is 0 Å². The van der Waals surface area contributed by atoms with Crippen molar-refractivity contribution in [3.63, 3.8) is 0 Å². The Labute approximate surface area is 166 Å². The van der Waals surface area contributed by atoms with Crippen LogP contribution in [-0.2, 0) is 17.8 Å². The van der Waals surface area contributed by atoms with Gasteiger partial charge >= 0.3 is 6.36 Å². The van der Waals surface area contributed by atoms with Gasteiger partial charge in [0.25, 0.3) is 5.91 Å². The summed E-state index contributed by atoms with van der Waals surface area (Å²) in [5.74, 6) is 0.225. The molecule has 0 radical (unpaired) electrons. The first kappa shape index (κ1) is 21.0. The molecule has 156 valence electrons. The van der Waals surface area contributed by atoms with E-state index in [0.717, 1.165) is 5.56 Å². The van der Waals surface area contributed by atoms with Crippen LogP contribution in [0.1, 0.15) is 17.5 Å². The molecule has 1 saturated heterocycles. The highest BCUT2D eigenvalue weighted by Crippen LogP contribution is 2.30. The number of alkyl halides is 3. The lowest BCUT2D eigenvalue weighted by Gasteiger charge is -2.18. The Morgan fingerprint density at radius 1 is 1.14 bits per heavy atom. The molecule has 1 amide bonds. The largest absolute Gasteiger partial charge is 0.573 e. The zero-order valence-corrected chi connectivity index (χ0v) is 15.7. The summed E-state index contributed by atoms with van der Waals surface area (Å²) in [6.07, 6.45) is -3.63. The number of hydrogen-bond acceptors (Lipinski definition) is 4. The van der Waals surface area contributed by atoms with E-state index in [1.807, 2.05) is 0 Å². The molecule has 1 atom stereocenters. The number of benzene rings is 2. The molecule has 2 aromatic carbocycles. The Kier molecular flexibility index (Phi) is 6.64. The fourth-order valence-corrected chi connectivity index (χ4v) is 3.36. The maximum atomic E-state index is 12.6. The van der Waals surface area contributed by atoms with E-state index in [1.165, 1.54) is 12.1 Å². The van der Waals surface area contributed by atoms with Gasteiger partial charge in [0.05, 0.1) is 6.61 Å². The fourth-order valence-electron chi connectivity index (χ4n) is 3.36. The maximum absolute atomic E-state index is 12.6. The second-order valence-corrected chi connectivity index (χ2v) is 6.94. The predicted octanol–water partition coefficient (Wildman–Crippen LogP) is 3.55. The SMILES string of the molecule is O=C(COc1ccc(CO)cc1)N1CCC(Cc2ccccc2OC(F)(F)F)C1. The lowest BCUT2D eigenvalue weighted by Crippen LogP contribution is -2.33. The Morgan fingerprint density at radius 2 is 1.86 bits per heavy atom. The van der Waals surface area contributed by atoms with Gasteiger partial charge in [0.2, 0.25) is 0 Å². The normalized spacial score (nSPS) is 16.7. The van der Waals surface area contributed by atoms with E-state index in [0.29, 0.717) is 37.2 Å². The highest BCUT2D eigenvalue weighted by atomic mass is 19.4. The molecular formula is C21H22F3NO4. The molecular weight excluding hydrogens is 387 g/mol. The summed E-state index contributed by atoms with van der Waals surface area (Å²) in [6.45, 7) is 0.828. The van der Waals surface area contributed by atoms with Crippen LogP contribution in [0.2, 0.25) is 0 Å². The molecule has 0 aliphatic carbocycles. The molecule has 0 saturated carbocycles. The number of para-hydroxylation sites is 1. The molecule has 1 fully saturated rings. The van der Waals surface area contributed by atoms with Gasteiger partial charge in [-0.25, -0.2) is 0 Å². The average Bonchev–Trinajstić information content (AvgIpc) is 3.15. The minimum absolute atomic E-state index is 0.0563. The van der Waals surface area contributed by atoms with Gasteiger partial charge in [0.15, 0.2) is 6.61 Å². The number of ether oxygens (including phenoxy) is 2. The van der Waals surface area contributed by atoms with Crippen molar-refractivity contribution in [2.75, 3.05) is 19.7 Å². The summed E-state index contributed by atoms with van der Waals surface area (Å²) < 4.78 is 47.3. The van der Waals surface area contributed by atoms with Gasteiger partial charge in [0.1, 0.15) is 11.5 Å². The summed E-state index contributed by atoms with van der Waals surface area (Å²) in [5.41, 5.74) is 1.23. The fraction of sp³-hybridized carbons (Fsp3) is 0.381. The predicted molar refractivity (Wildman–Crippen MR) is 99.4 cm³/mol. The number of rotatable bonds is 7. The highest BCUT2D eigenvalue weighted by molar-refractivity contribution is 5.78. The molecule has 2 aromatic rings. The molecule has 3 rings (SSSR count). The second kappa shape index (κ2) is 9.17. The van der Waals surface area contributed by atoms with Crippen molar-refractivity contribution < 1.29 is 32.5 Å². The van der Waals surface area contributed by atoms with Gasteiger partial charge in [-0.05, 0) is 48.1 Å². The van der Waals surface area contributed by atoms with Crippen LogP contribution in [0.25, 0.3) is 0 Å². The number of aliphatic hydroxyl groups is 1. The quantitative estimate of drug-likeness (QED) is 0.760. The van der Waals surface area contributed by atoms with E-state index in [2.05, 4.69) is 4.74 Å². The Balaban J connectivity index is 1.51. The van der Waals surface area contributed by atoms with Crippen molar-refractivity contribution >= 4 is 5.91 Å². The van der Waals surface area contributed by atoms with E-state index >= 15 is 0 Å². The molecule has 1 unspecified atom stereocenters. The van der Waals surface area contributed by atoms with Crippen LogP contribution in [0.15, 0.2) is 48.5 Å². The maximum Gasteiger partial charge on any atom is 0.573 e. The van der Waals surface area contributed by atoms with Gasteiger partial charge in [-0.15, -0.1) is 13.2 Å². The van der Waals surface area contributed by atoms with E-state index < -0.39 is 6.36 Å². The summed E-state index contributed by atoms with van der Waals surface area (Å²) in [6, 6.07) is 12.9. The molecule has 29 heavy (non-hydrogen) atoms. The number of carbonyl (C=O) groups is 1. The number of carbonyl (C=O) groups excluding carboxylic acids is 1. The van der Waals surface area contributed by atoms with Crippen LogP contribution < -0.4 is 9.47 Å². The first-order chi connectivity index (χ1) is 13.8. The van der Waals surface area contributed by atoms with Crippen LogP contribution in [0.5, 0.6) is 11.5 Å². The zero-order valence-electron chi connectivity index (χ0n) is 15.7. The summed E-state index contributed by atoms with van der Waals surface area (Å²) in [4.78, 5) is 14.0. The van der Waals surface area contributed by atoms with Crippen LogP contribution in [0, 0.1) is 5.92 Å². The molecule has 1 aliphatic rings. The monoisotopic (exact) mass is 409 g/mol. The lowest BCUT2D eigenvalue weighted by atomic mass is 9.98. The molecule has 0 spiro atoms. The Bertz CT molecular complexity index is 823. The van der Waals surface area contributed by atoms with Gasteiger partial charge in [0, 0.05) is 13.1 Å². The van der Waals surface area contributed by atoms with Crippen molar-refractivity contribution in [1.29, 1.82) is 0 Å². The van der Waals surface area contributed by atoms with Crippen molar-refractivity contribution in [1.82, 2.24) is 4.90 Å². The van der Waals surface area contributed by atoms with Gasteiger partial charge in [-0.2, -0.15) is 0 Å². The van der Waals surface area contributed by atoms with Crippen LogP contribution in [0.4, 0.5) is 13.2 Å². The number of halogens is 3. The summed E-state index contributed by atoms with van der Waals surface area (Å²) in [5, 5.41) is 9.03. The highest BCUT2D eigenvalue weighted by Gasteiger charge is 2.33. The molecule has 0 bridgehead atoms. The lowest BCUT2D eigenvalue weighted by molar-refractivity contribution is -0.274. The second-order valence-electron chi connectivity index (χ2n) is 6.94. The van der Waals surface area contributed by atoms with E-state index in [9.17, 15) is 18.0 Å². The third kappa shape index (κ3) is 6.12. The number of nitrogens with zero attached hydrogens (tertiary/aromatic N) is 1. The third-order valence-corrected chi connectivity index (χ3v) is 4.81. The number of hydrogen-bond donors (Lipinski definition) is 1. The van der Waals surface area contributed by atoms with Crippen molar-refractivity contribution in [3.05, 3.63) is 59.7 Å². The zero-order chi connectivity index (χ0) is 20.9. The molecule has 0 aromatic heterocycles. The first-order valence-electron chi connectivity index (χ1n) is 9.28. The van der Waals surface area contributed by atoms with Gasteiger partial charge in [-0.1, -0.05) is 30.3 Å². The number of aliphatic hydroxyl groups excluding tert-OH is 1. The van der Waals surface area contributed by atoms with E-state index in [4.69, 9.17) is 9.84 Å². The Morgan fingerprint density at radius 3 is 2.55 bits per heavy atom. The summed E-state index contributed by atoms with van der Waals surface area (Å²) >= 11 is 0. The minimum Gasteiger partial charge on any atom is -0.484 e. The smallest absolute Gasteiger partial charge is 0.484 e.